The molecule has 1 aliphatic heterocycles. The highest BCUT2D eigenvalue weighted by Gasteiger charge is 2.36. The van der Waals surface area contributed by atoms with Crippen molar-refractivity contribution in [3.63, 3.8) is 0 Å². The van der Waals surface area contributed by atoms with Crippen molar-refractivity contribution < 1.29 is 27.6 Å². The van der Waals surface area contributed by atoms with E-state index in [1.807, 2.05) is 0 Å². The second-order valence-electron chi connectivity index (χ2n) is 6.02. The molecule has 0 bridgehead atoms. The molecule has 0 spiro atoms. The summed E-state index contributed by atoms with van der Waals surface area (Å²) in [5.74, 6) is -1.72. The Morgan fingerprint density at radius 3 is 2.41 bits per heavy atom. The van der Waals surface area contributed by atoms with Gasteiger partial charge in [0.05, 0.1) is 11.3 Å². The Labute approximate surface area is 167 Å². The van der Waals surface area contributed by atoms with E-state index in [1.54, 1.807) is 24.3 Å². The second-order valence-corrected chi connectivity index (χ2v) is 6.46. The highest BCUT2D eigenvalue weighted by molar-refractivity contribution is 6.30. The van der Waals surface area contributed by atoms with Crippen LogP contribution in [-0.4, -0.2) is 29.3 Å². The van der Waals surface area contributed by atoms with Gasteiger partial charge in [-0.1, -0.05) is 35.9 Å². The lowest BCUT2D eigenvalue weighted by Gasteiger charge is -2.15. The molecule has 4 amide bonds. The first-order valence-electron chi connectivity index (χ1n) is 8.21. The molecule has 10 heteroatoms. The average molecular weight is 424 g/mol. The lowest BCUT2D eigenvalue weighted by molar-refractivity contribution is -0.137. The number of nitrogens with zero attached hydrogens (tertiary/aromatic N) is 1. The quantitative estimate of drug-likeness (QED) is 0.578. The van der Waals surface area contributed by atoms with Crippen LogP contribution >= 0.6 is 11.6 Å². The van der Waals surface area contributed by atoms with Crippen molar-refractivity contribution in [1.82, 2.24) is 10.2 Å². The molecule has 0 atom stereocenters. The summed E-state index contributed by atoms with van der Waals surface area (Å²) in [5.41, 5.74) is -0.980. The van der Waals surface area contributed by atoms with Gasteiger partial charge in [0.1, 0.15) is 12.2 Å². The molecule has 6 nitrogen and oxygen atoms in total. The van der Waals surface area contributed by atoms with Gasteiger partial charge in [-0.25, -0.2) is 9.69 Å². The molecule has 29 heavy (non-hydrogen) atoms. The van der Waals surface area contributed by atoms with E-state index in [9.17, 15) is 27.6 Å². The Morgan fingerprint density at radius 1 is 1.10 bits per heavy atom. The Hall–Kier alpha value is -3.33. The Bertz CT molecular complexity index is 1000. The standard InChI is InChI=1S/C19H13ClF3N3O3/c20-12-7-5-11(6-8-12)9-15-17(28)26(18(29)25-15)10-16(27)24-14-4-2-1-3-13(14)19(21,22)23/h1-9H,10H2,(H,24,27)(H,25,29). The highest BCUT2D eigenvalue weighted by Crippen LogP contribution is 2.34. The zero-order valence-corrected chi connectivity index (χ0v) is 15.3. The van der Waals surface area contributed by atoms with E-state index in [4.69, 9.17) is 11.6 Å². The summed E-state index contributed by atoms with van der Waals surface area (Å²) >= 11 is 5.79. The number of hydrogen-bond donors (Lipinski definition) is 2. The van der Waals surface area contributed by atoms with E-state index in [0.29, 0.717) is 15.5 Å². The van der Waals surface area contributed by atoms with Crippen molar-refractivity contribution >= 4 is 41.2 Å². The van der Waals surface area contributed by atoms with Gasteiger partial charge in [-0.15, -0.1) is 0 Å². The number of anilines is 1. The van der Waals surface area contributed by atoms with Crippen LogP contribution < -0.4 is 10.6 Å². The van der Waals surface area contributed by atoms with E-state index in [2.05, 4.69) is 10.6 Å². The number of rotatable bonds is 4. The molecule has 0 unspecified atom stereocenters. The fourth-order valence-corrected chi connectivity index (χ4v) is 2.74. The Kier molecular flexibility index (Phi) is 5.60. The van der Waals surface area contributed by atoms with E-state index in [-0.39, 0.29) is 5.70 Å². The van der Waals surface area contributed by atoms with Gasteiger partial charge in [0.25, 0.3) is 5.91 Å². The SMILES string of the molecule is O=C(CN1C(=O)NC(=Cc2ccc(Cl)cc2)C1=O)Nc1ccccc1C(F)(F)F. The number of carbonyl (C=O) groups is 3. The van der Waals surface area contributed by atoms with Crippen LogP contribution in [0.15, 0.2) is 54.2 Å². The molecule has 1 aliphatic rings. The summed E-state index contributed by atoms with van der Waals surface area (Å²) in [7, 11) is 0. The molecule has 2 aromatic carbocycles. The van der Waals surface area contributed by atoms with Gasteiger partial charge in [0, 0.05) is 5.02 Å². The molecule has 2 N–H and O–H groups in total. The van der Waals surface area contributed by atoms with Crippen LogP contribution in [0, 0.1) is 0 Å². The molecule has 2 aromatic rings. The van der Waals surface area contributed by atoms with Crippen molar-refractivity contribution in [2.45, 2.75) is 6.18 Å². The topological polar surface area (TPSA) is 78.5 Å². The van der Waals surface area contributed by atoms with E-state index < -0.39 is 41.8 Å². The Balaban J connectivity index is 1.72. The minimum absolute atomic E-state index is 0.0687. The van der Waals surface area contributed by atoms with Crippen molar-refractivity contribution in [2.75, 3.05) is 11.9 Å². The highest BCUT2D eigenvalue weighted by atomic mass is 35.5. The fraction of sp³-hybridized carbons (Fsp3) is 0.105. The van der Waals surface area contributed by atoms with Gasteiger partial charge in [-0.05, 0) is 35.9 Å². The molecule has 0 aliphatic carbocycles. The number of halogens is 4. The predicted molar refractivity (Wildman–Crippen MR) is 99.7 cm³/mol. The van der Waals surface area contributed by atoms with Gasteiger partial charge in [-0.3, -0.25) is 9.59 Å². The number of para-hydroxylation sites is 1. The molecular formula is C19H13ClF3N3O3. The molecular weight excluding hydrogens is 411 g/mol. The zero-order chi connectivity index (χ0) is 21.2. The van der Waals surface area contributed by atoms with Crippen LogP contribution in [0.2, 0.25) is 5.02 Å². The summed E-state index contributed by atoms with van der Waals surface area (Å²) in [4.78, 5) is 37.2. The van der Waals surface area contributed by atoms with Crippen LogP contribution in [0.25, 0.3) is 6.08 Å². The monoisotopic (exact) mass is 423 g/mol. The number of benzene rings is 2. The minimum Gasteiger partial charge on any atom is -0.324 e. The molecule has 150 valence electrons. The van der Waals surface area contributed by atoms with Crippen LogP contribution in [0.5, 0.6) is 0 Å². The van der Waals surface area contributed by atoms with Crippen molar-refractivity contribution in [3.05, 3.63) is 70.4 Å². The fourth-order valence-electron chi connectivity index (χ4n) is 2.61. The van der Waals surface area contributed by atoms with Gasteiger partial charge >= 0.3 is 12.2 Å². The summed E-state index contributed by atoms with van der Waals surface area (Å²) < 4.78 is 39.0. The molecule has 1 heterocycles. The Morgan fingerprint density at radius 2 is 1.76 bits per heavy atom. The van der Waals surface area contributed by atoms with Crippen LogP contribution in [0.4, 0.5) is 23.7 Å². The third-order valence-corrected chi connectivity index (χ3v) is 4.20. The number of urea groups is 1. The summed E-state index contributed by atoms with van der Waals surface area (Å²) in [6.07, 6.45) is -3.27. The maximum absolute atomic E-state index is 13.0. The van der Waals surface area contributed by atoms with E-state index in [1.165, 1.54) is 18.2 Å². The number of alkyl halides is 3. The lowest BCUT2D eigenvalue weighted by Crippen LogP contribution is -2.38. The normalized spacial score (nSPS) is 15.6. The second kappa shape index (κ2) is 7.96. The predicted octanol–water partition coefficient (Wildman–Crippen LogP) is 3.89. The van der Waals surface area contributed by atoms with Gasteiger partial charge < -0.3 is 10.6 Å². The van der Waals surface area contributed by atoms with Crippen LogP contribution in [-0.2, 0) is 15.8 Å². The first kappa shape index (κ1) is 20.4. The maximum atomic E-state index is 13.0. The van der Waals surface area contributed by atoms with Crippen LogP contribution in [0.1, 0.15) is 11.1 Å². The maximum Gasteiger partial charge on any atom is 0.418 e. The van der Waals surface area contributed by atoms with Gasteiger partial charge in [0.2, 0.25) is 5.91 Å². The van der Waals surface area contributed by atoms with Crippen molar-refractivity contribution in [2.24, 2.45) is 0 Å². The molecule has 0 radical (unpaired) electrons. The molecule has 1 saturated heterocycles. The minimum atomic E-state index is -4.67. The van der Waals surface area contributed by atoms with Gasteiger partial charge in [0.15, 0.2) is 0 Å². The first-order valence-corrected chi connectivity index (χ1v) is 8.59. The first-order chi connectivity index (χ1) is 13.6. The number of amides is 4. The van der Waals surface area contributed by atoms with Crippen LogP contribution in [0.3, 0.4) is 0 Å². The van der Waals surface area contributed by atoms with E-state index in [0.717, 1.165) is 12.1 Å². The number of nitrogens with one attached hydrogen (secondary N) is 2. The average Bonchev–Trinajstić information content (AvgIpc) is 2.90. The molecule has 3 rings (SSSR count). The lowest BCUT2D eigenvalue weighted by atomic mass is 10.1. The summed E-state index contributed by atoms with van der Waals surface area (Å²) in [6, 6.07) is 9.99. The number of carbonyl (C=O) groups excluding carboxylic acids is 3. The summed E-state index contributed by atoms with van der Waals surface area (Å²) in [5, 5.41) is 4.91. The number of imide groups is 1. The molecule has 0 aromatic heterocycles. The largest absolute Gasteiger partial charge is 0.418 e. The smallest absolute Gasteiger partial charge is 0.324 e. The van der Waals surface area contributed by atoms with Crippen molar-refractivity contribution in [3.8, 4) is 0 Å². The van der Waals surface area contributed by atoms with Crippen molar-refractivity contribution in [1.29, 1.82) is 0 Å². The third-order valence-electron chi connectivity index (χ3n) is 3.95. The zero-order valence-electron chi connectivity index (χ0n) is 14.6. The van der Waals surface area contributed by atoms with Gasteiger partial charge in [-0.2, -0.15) is 13.2 Å². The molecule has 0 saturated carbocycles. The number of hydrogen-bond acceptors (Lipinski definition) is 3. The van der Waals surface area contributed by atoms with E-state index >= 15 is 0 Å². The molecule has 1 fully saturated rings. The third kappa shape index (κ3) is 4.75. The summed E-state index contributed by atoms with van der Waals surface area (Å²) in [6.45, 7) is -0.741.